The van der Waals surface area contributed by atoms with Gasteiger partial charge in [0.2, 0.25) is 0 Å². The normalized spacial score (nSPS) is 43.4. The monoisotopic (exact) mass is 207 g/mol. The Kier molecular flexibility index (Phi) is 2.76. The van der Waals surface area contributed by atoms with Crippen molar-refractivity contribution in [3.8, 4) is 0 Å². The van der Waals surface area contributed by atoms with E-state index in [1.165, 1.54) is 57.8 Å². The predicted molar refractivity (Wildman–Crippen MR) is 63.5 cm³/mol. The molecule has 0 aromatic heterocycles. The highest BCUT2D eigenvalue weighted by Gasteiger charge is 2.55. The first-order chi connectivity index (χ1) is 7.38. The third-order valence-corrected chi connectivity index (χ3v) is 5.36. The van der Waals surface area contributed by atoms with Crippen LogP contribution in [0, 0.1) is 23.7 Å². The number of rotatable bonds is 2. The quantitative estimate of drug-likeness (QED) is 0.691. The molecule has 3 aliphatic rings. The van der Waals surface area contributed by atoms with E-state index >= 15 is 0 Å². The van der Waals surface area contributed by atoms with Gasteiger partial charge in [-0.25, -0.2) is 0 Å². The van der Waals surface area contributed by atoms with Gasteiger partial charge < -0.3 is 5.73 Å². The van der Waals surface area contributed by atoms with Crippen LogP contribution in [-0.2, 0) is 0 Å². The summed E-state index contributed by atoms with van der Waals surface area (Å²) in [4.78, 5) is 0. The van der Waals surface area contributed by atoms with E-state index in [0.717, 1.165) is 23.7 Å². The van der Waals surface area contributed by atoms with E-state index in [4.69, 9.17) is 5.73 Å². The molecular formula is C14H25N. The maximum Gasteiger partial charge on any atom is 0.0101 e. The number of hydrogen-bond donors (Lipinski definition) is 1. The van der Waals surface area contributed by atoms with Gasteiger partial charge in [-0.1, -0.05) is 32.1 Å². The van der Waals surface area contributed by atoms with Crippen molar-refractivity contribution in [1.82, 2.24) is 0 Å². The molecule has 0 amide bonds. The van der Waals surface area contributed by atoms with Crippen molar-refractivity contribution in [2.45, 2.75) is 63.8 Å². The average Bonchev–Trinajstić information content (AvgIpc) is 2.87. The molecule has 1 heteroatoms. The van der Waals surface area contributed by atoms with E-state index in [2.05, 4.69) is 0 Å². The summed E-state index contributed by atoms with van der Waals surface area (Å²) < 4.78 is 0. The van der Waals surface area contributed by atoms with Gasteiger partial charge in [-0.05, 0) is 49.4 Å². The molecule has 2 N–H and O–H groups in total. The largest absolute Gasteiger partial charge is 0.327 e. The van der Waals surface area contributed by atoms with Crippen LogP contribution < -0.4 is 5.73 Å². The molecule has 0 spiro atoms. The van der Waals surface area contributed by atoms with E-state index in [9.17, 15) is 0 Å². The molecular weight excluding hydrogens is 182 g/mol. The summed E-state index contributed by atoms with van der Waals surface area (Å²) in [5, 5.41) is 0. The zero-order valence-electron chi connectivity index (χ0n) is 9.83. The van der Waals surface area contributed by atoms with Crippen LogP contribution in [-0.4, -0.2) is 6.04 Å². The molecule has 3 saturated carbocycles. The molecule has 3 aliphatic carbocycles. The van der Waals surface area contributed by atoms with Gasteiger partial charge in [-0.3, -0.25) is 0 Å². The second-order valence-corrected chi connectivity index (χ2v) is 6.16. The summed E-state index contributed by atoms with van der Waals surface area (Å²) in [6.45, 7) is 0. The van der Waals surface area contributed by atoms with Crippen LogP contribution >= 0.6 is 0 Å². The Labute approximate surface area is 93.8 Å². The fourth-order valence-electron chi connectivity index (χ4n) is 4.46. The van der Waals surface area contributed by atoms with E-state index in [-0.39, 0.29) is 0 Å². The van der Waals surface area contributed by atoms with Crippen molar-refractivity contribution in [3.05, 3.63) is 0 Å². The van der Waals surface area contributed by atoms with E-state index in [1.54, 1.807) is 0 Å². The Hall–Kier alpha value is -0.0400. The van der Waals surface area contributed by atoms with Crippen molar-refractivity contribution in [1.29, 1.82) is 0 Å². The van der Waals surface area contributed by atoms with Crippen LogP contribution in [0.5, 0.6) is 0 Å². The molecule has 86 valence electrons. The Balaban J connectivity index is 1.57. The van der Waals surface area contributed by atoms with Crippen molar-refractivity contribution in [2.24, 2.45) is 29.4 Å². The van der Waals surface area contributed by atoms with Crippen LogP contribution in [0.25, 0.3) is 0 Å². The lowest BCUT2D eigenvalue weighted by molar-refractivity contribution is 0.318. The molecule has 0 heterocycles. The number of fused-ring (bicyclic) bond motifs is 1. The standard InChI is InChI=1S/C14H25N/c15-14(10-6-3-1-2-4-7-10)13-11-8-5-9-12(11)13/h10-14H,1-9,15H2. The van der Waals surface area contributed by atoms with Gasteiger partial charge in [0, 0.05) is 6.04 Å². The maximum atomic E-state index is 6.51. The molecule has 0 radical (unpaired) electrons. The predicted octanol–water partition coefficient (Wildman–Crippen LogP) is 3.33. The van der Waals surface area contributed by atoms with Crippen LogP contribution in [0.4, 0.5) is 0 Å². The zero-order chi connectivity index (χ0) is 10.3. The molecule has 0 bridgehead atoms. The fraction of sp³-hybridized carbons (Fsp3) is 1.00. The molecule has 3 rings (SSSR count). The van der Waals surface area contributed by atoms with E-state index < -0.39 is 0 Å². The van der Waals surface area contributed by atoms with Gasteiger partial charge in [0.15, 0.2) is 0 Å². The second kappa shape index (κ2) is 4.08. The van der Waals surface area contributed by atoms with Crippen LogP contribution in [0.15, 0.2) is 0 Å². The second-order valence-electron chi connectivity index (χ2n) is 6.16. The maximum absolute atomic E-state index is 6.51. The summed E-state index contributed by atoms with van der Waals surface area (Å²) in [6, 6.07) is 0.568. The lowest BCUT2D eigenvalue weighted by Gasteiger charge is -2.23. The molecule has 0 saturated heterocycles. The van der Waals surface area contributed by atoms with Crippen LogP contribution in [0.3, 0.4) is 0 Å². The molecule has 15 heavy (non-hydrogen) atoms. The molecule has 3 atom stereocenters. The summed E-state index contributed by atoms with van der Waals surface area (Å²) in [7, 11) is 0. The smallest absolute Gasteiger partial charge is 0.0101 e. The first-order valence-electron chi connectivity index (χ1n) is 7.13. The molecule has 0 aliphatic heterocycles. The third-order valence-electron chi connectivity index (χ3n) is 5.36. The Morgan fingerprint density at radius 3 is 1.93 bits per heavy atom. The van der Waals surface area contributed by atoms with Gasteiger partial charge in [0.05, 0.1) is 0 Å². The highest BCUT2D eigenvalue weighted by atomic mass is 14.8. The van der Waals surface area contributed by atoms with Gasteiger partial charge >= 0.3 is 0 Å². The minimum atomic E-state index is 0.568. The summed E-state index contributed by atoms with van der Waals surface area (Å²) >= 11 is 0. The minimum Gasteiger partial charge on any atom is -0.327 e. The van der Waals surface area contributed by atoms with Crippen molar-refractivity contribution >= 4 is 0 Å². The summed E-state index contributed by atoms with van der Waals surface area (Å²) in [6.07, 6.45) is 13.1. The van der Waals surface area contributed by atoms with Gasteiger partial charge in [-0.2, -0.15) is 0 Å². The molecule has 0 aromatic carbocycles. The van der Waals surface area contributed by atoms with Crippen molar-refractivity contribution in [2.75, 3.05) is 0 Å². The lowest BCUT2D eigenvalue weighted by atomic mass is 9.87. The summed E-state index contributed by atoms with van der Waals surface area (Å²) in [5.41, 5.74) is 6.51. The first-order valence-corrected chi connectivity index (χ1v) is 7.13. The topological polar surface area (TPSA) is 26.0 Å². The Morgan fingerprint density at radius 1 is 0.733 bits per heavy atom. The Bertz CT molecular complexity index is 207. The lowest BCUT2D eigenvalue weighted by Crippen LogP contribution is -2.33. The van der Waals surface area contributed by atoms with Gasteiger partial charge in [0.1, 0.15) is 0 Å². The SMILES string of the molecule is NC(C1CCCCCC1)C1C2CCCC21. The first kappa shape index (κ1) is 10.1. The third kappa shape index (κ3) is 1.84. The summed E-state index contributed by atoms with van der Waals surface area (Å²) in [5.74, 6) is 3.94. The highest BCUT2D eigenvalue weighted by molar-refractivity contribution is 5.06. The van der Waals surface area contributed by atoms with Crippen LogP contribution in [0.1, 0.15) is 57.8 Å². The van der Waals surface area contributed by atoms with Gasteiger partial charge in [-0.15, -0.1) is 0 Å². The molecule has 1 nitrogen and oxygen atoms in total. The zero-order valence-corrected chi connectivity index (χ0v) is 9.83. The molecule has 3 fully saturated rings. The minimum absolute atomic E-state index is 0.568. The number of nitrogens with two attached hydrogens (primary N) is 1. The Morgan fingerprint density at radius 2 is 1.33 bits per heavy atom. The molecule has 0 aromatic rings. The van der Waals surface area contributed by atoms with E-state index in [1.807, 2.05) is 0 Å². The van der Waals surface area contributed by atoms with Gasteiger partial charge in [0.25, 0.3) is 0 Å². The van der Waals surface area contributed by atoms with E-state index in [0.29, 0.717) is 6.04 Å². The number of hydrogen-bond acceptors (Lipinski definition) is 1. The van der Waals surface area contributed by atoms with Crippen LogP contribution in [0.2, 0.25) is 0 Å². The van der Waals surface area contributed by atoms with Crippen molar-refractivity contribution in [3.63, 3.8) is 0 Å². The van der Waals surface area contributed by atoms with Crippen molar-refractivity contribution < 1.29 is 0 Å². The highest BCUT2D eigenvalue weighted by Crippen LogP contribution is 2.60. The molecule has 3 unspecified atom stereocenters. The fourth-order valence-corrected chi connectivity index (χ4v) is 4.46. The average molecular weight is 207 g/mol.